The van der Waals surface area contributed by atoms with Crippen molar-refractivity contribution in [3.63, 3.8) is 0 Å². The van der Waals surface area contributed by atoms with Gasteiger partial charge in [0.1, 0.15) is 11.6 Å². The van der Waals surface area contributed by atoms with Gasteiger partial charge in [0, 0.05) is 43.0 Å². The first-order valence-corrected chi connectivity index (χ1v) is 12.6. The van der Waals surface area contributed by atoms with E-state index in [9.17, 15) is 0 Å². The lowest BCUT2D eigenvalue weighted by atomic mass is 10.2. The molecule has 0 bridgehead atoms. The molecule has 0 unspecified atom stereocenters. The average Bonchev–Trinajstić information content (AvgIpc) is 2.80. The third-order valence-corrected chi connectivity index (χ3v) is 6.43. The van der Waals surface area contributed by atoms with Crippen LogP contribution in [0.1, 0.15) is 25.6 Å². The molecule has 1 aromatic heterocycles. The number of piperazine rings is 1. The fourth-order valence-electron chi connectivity index (χ4n) is 3.68. The molecule has 1 N–H and O–H groups in total. The Morgan fingerprint density at radius 1 is 1.15 bits per heavy atom. The SMILES string of the molecule is C=C(/C=C\C=C/CC)SN1CCN(Cc2nc(NCCCN(C)C)c3ccccc3n2)CC1. The van der Waals surface area contributed by atoms with Crippen LogP contribution in [0.3, 0.4) is 0 Å². The molecule has 0 atom stereocenters. The van der Waals surface area contributed by atoms with Crippen molar-refractivity contribution in [2.75, 3.05) is 58.7 Å². The van der Waals surface area contributed by atoms with E-state index < -0.39 is 0 Å². The normalized spacial score (nSPS) is 15.9. The Bertz CT molecular complexity index is 947. The first-order chi connectivity index (χ1) is 16.0. The minimum absolute atomic E-state index is 0.776. The van der Waals surface area contributed by atoms with E-state index >= 15 is 0 Å². The van der Waals surface area contributed by atoms with Crippen molar-refractivity contribution in [3.05, 3.63) is 65.9 Å². The molecule has 1 fully saturated rings. The molecule has 3 rings (SSSR count). The van der Waals surface area contributed by atoms with Gasteiger partial charge in [0.05, 0.1) is 12.1 Å². The monoisotopic (exact) mass is 466 g/mol. The van der Waals surface area contributed by atoms with Crippen molar-refractivity contribution in [1.29, 1.82) is 0 Å². The van der Waals surface area contributed by atoms with Crippen molar-refractivity contribution in [3.8, 4) is 0 Å². The van der Waals surface area contributed by atoms with Gasteiger partial charge in [0.2, 0.25) is 0 Å². The number of anilines is 1. The summed E-state index contributed by atoms with van der Waals surface area (Å²) in [6.07, 6.45) is 10.5. The van der Waals surface area contributed by atoms with E-state index in [2.05, 4.69) is 89.5 Å². The van der Waals surface area contributed by atoms with Gasteiger partial charge < -0.3 is 10.2 Å². The molecule has 2 aromatic rings. The van der Waals surface area contributed by atoms with Gasteiger partial charge in [-0.1, -0.05) is 43.9 Å². The van der Waals surface area contributed by atoms with Crippen LogP contribution in [0.5, 0.6) is 0 Å². The lowest BCUT2D eigenvalue weighted by molar-refractivity contribution is 0.186. The standard InChI is InChI=1S/C26H38N6S/c1-5-6-7-8-12-22(2)33-32-19-17-31(18-20-32)21-25-28-24-14-10-9-13-23(24)26(29-25)27-15-11-16-30(3)4/h6-10,12-14H,2,5,11,15-21H2,1,3-4H3,(H,27,28,29)/b7-6-,12-8-. The zero-order valence-corrected chi connectivity index (χ0v) is 21.2. The summed E-state index contributed by atoms with van der Waals surface area (Å²) in [6, 6.07) is 8.28. The van der Waals surface area contributed by atoms with Crippen molar-refractivity contribution in [2.24, 2.45) is 0 Å². The van der Waals surface area contributed by atoms with E-state index in [1.807, 2.05) is 6.07 Å². The molecule has 2 heterocycles. The highest BCUT2D eigenvalue weighted by Gasteiger charge is 2.19. The number of nitrogens with zero attached hydrogens (tertiary/aromatic N) is 5. The number of nitrogens with one attached hydrogen (secondary N) is 1. The zero-order chi connectivity index (χ0) is 23.5. The van der Waals surface area contributed by atoms with E-state index in [0.29, 0.717) is 0 Å². The highest BCUT2D eigenvalue weighted by Crippen LogP contribution is 2.24. The van der Waals surface area contributed by atoms with Gasteiger partial charge in [-0.15, -0.1) is 0 Å². The molecule has 0 spiro atoms. The van der Waals surface area contributed by atoms with Crippen molar-refractivity contribution < 1.29 is 0 Å². The van der Waals surface area contributed by atoms with Crippen molar-refractivity contribution >= 4 is 28.7 Å². The predicted molar refractivity (Wildman–Crippen MR) is 143 cm³/mol. The Labute approximate surface area is 203 Å². The van der Waals surface area contributed by atoms with E-state index in [-0.39, 0.29) is 0 Å². The number of hydrogen-bond acceptors (Lipinski definition) is 7. The predicted octanol–water partition coefficient (Wildman–Crippen LogP) is 4.80. The number of allylic oxidation sites excluding steroid dienone is 4. The van der Waals surface area contributed by atoms with Crippen LogP contribution in [-0.2, 0) is 6.54 Å². The lowest BCUT2D eigenvalue weighted by Gasteiger charge is -2.33. The Morgan fingerprint density at radius 2 is 1.94 bits per heavy atom. The highest BCUT2D eigenvalue weighted by molar-refractivity contribution is 8.01. The van der Waals surface area contributed by atoms with Gasteiger partial charge in [-0.25, -0.2) is 14.3 Å². The second kappa shape index (κ2) is 13.5. The third kappa shape index (κ3) is 8.59. The van der Waals surface area contributed by atoms with Gasteiger partial charge in [-0.05, 0) is 63.6 Å². The minimum atomic E-state index is 0.776. The van der Waals surface area contributed by atoms with Crippen LogP contribution in [0.15, 0.2) is 60.1 Å². The highest BCUT2D eigenvalue weighted by atomic mass is 32.2. The second-order valence-corrected chi connectivity index (χ2v) is 9.77. The van der Waals surface area contributed by atoms with E-state index in [1.54, 1.807) is 11.9 Å². The smallest absolute Gasteiger partial charge is 0.145 e. The summed E-state index contributed by atoms with van der Waals surface area (Å²) in [5.41, 5.74) is 1.01. The molecule has 6 nitrogen and oxygen atoms in total. The summed E-state index contributed by atoms with van der Waals surface area (Å²) in [4.78, 5) is 15.5. The van der Waals surface area contributed by atoms with Crippen LogP contribution in [0.4, 0.5) is 5.82 Å². The third-order valence-electron chi connectivity index (χ3n) is 5.43. The van der Waals surface area contributed by atoms with Gasteiger partial charge in [0.15, 0.2) is 0 Å². The van der Waals surface area contributed by atoms with Gasteiger partial charge in [-0.2, -0.15) is 0 Å². The molecular formula is C26H38N6S. The average molecular weight is 467 g/mol. The summed E-state index contributed by atoms with van der Waals surface area (Å²) in [6.45, 7) is 13.1. The number of benzene rings is 1. The number of rotatable bonds is 12. The van der Waals surface area contributed by atoms with Crippen LogP contribution >= 0.6 is 11.9 Å². The van der Waals surface area contributed by atoms with Crippen LogP contribution in [0.2, 0.25) is 0 Å². The molecule has 7 heteroatoms. The topological polar surface area (TPSA) is 47.5 Å². The molecule has 33 heavy (non-hydrogen) atoms. The molecule has 0 saturated carbocycles. The van der Waals surface area contributed by atoms with Gasteiger partial charge in [0.25, 0.3) is 0 Å². The Hall–Kier alpha value is -2.19. The maximum Gasteiger partial charge on any atom is 0.145 e. The largest absolute Gasteiger partial charge is 0.369 e. The molecular weight excluding hydrogens is 428 g/mol. The quantitative estimate of drug-likeness (QED) is 0.274. The molecule has 0 radical (unpaired) electrons. The Morgan fingerprint density at radius 3 is 2.70 bits per heavy atom. The number of aromatic nitrogens is 2. The summed E-state index contributed by atoms with van der Waals surface area (Å²) in [5, 5.41) is 4.64. The van der Waals surface area contributed by atoms with E-state index in [0.717, 1.165) is 86.1 Å². The van der Waals surface area contributed by atoms with Crippen molar-refractivity contribution in [2.45, 2.75) is 26.3 Å². The number of fused-ring (bicyclic) bond motifs is 1. The summed E-state index contributed by atoms with van der Waals surface area (Å²) >= 11 is 1.75. The first kappa shape index (κ1) is 25.4. The molecule has 1 aliphatic heterocycles. The zero-order valence-electron chi connectivity index (χ0n) is 20.3. The fraction of sp³-hybridized carbons (Fsp3) is 0.462. The summed E-state index contributed by atoms with van der Waals surface area (Å²) in [5.74, 6) is 1.84. The Kier molecular flexibility index (Phi) is 10.4. The Balaban J connectivity index is 1.55. The maximum absolute atomic E-state index is 4.90. The second-order valence-electron chi connectivity index (χ2n) is 8.55. The molecule has 1 aromatic carbocycles. The van der Waals surface area contributed by atoms with E-state index in [4.69, 9.17) is 9.97 Å². The summed E-state index contributed by atoms with van der Waals surface area (Å²) < 4.78 is 2.39. The van der Waals surface area contributed by atoms with Crippen molar-refractivity contribution in [1.82, 2.24) is 24.1 Å². The first-order valence-electron chi connectivity index (χ1n) is 11.9. The number of para-hydroxylation sites is 1. The van der Waals surface area contributed by atoms with Crippen LogP contribution in [-0.4, -0.2) is 77.4 Å². The molecule has 178 valence electrons. The van der Waals surface area contributed by atoms with Gasteiger partial charge >= 0.3 is 0 Å². The van der Waals surface area contributed by atoms with Crippen LogP contribution < -0.4 is 5.32 Å². The fourth-order valence-corrected chi connectivity index (χ4v) is 4.50. The molecule has 0 amide bonds. The van der Waals surface area contributed by atoms with Crippen LogP contribution in [0, 0.1) is 0 Å². The molecule has 0 aliphatic carbocycles. The van der Waals surface area contributed by atoms with Crippen LogP contribution in [0.25, 0.3) is 10.9 Å². The number of hydrogen-bond donors (Lipinski definition) is 1. The van der Waals surface area contributed by atoms with E-state index in [1.165, 1.54) is 0 Å². The molecule has 1 saturated heterocycles. The maximum atomic E-state index is 4.90. The molecule has 1 aliphatic rings. The van der Waals surface area contributed by atoms with Gasteiger partial charge in [-0.3, -0.25) is 4.90 Å². The minimum Gasteiger partial charge on any atom is -0.369 e. The summed E-state index contributed by atoms with van der Waals surface area (Å²) in [7, 11) is 4.21. The lowest BCUT2D eigenvalue weighted by Crippen LogP contribution is -2.43.